The molecule has 0 aliphatic carbocycles. The van der Waals surface area contributed by atoms with Crippen LogP contribution in [0.5, 0.6) is 0 Å². The quantitative estimate of drug-likeness (QED) is 0.583. The van der Waals surface area contributed by atoms with E-state index >= 15 is 0 Å². The summed E-state index contributed by atoms with van der Waals surface area (Å²) in [5.74, 6) is 0. The molecule has 2 aromatic rings. The van der Waals surface area contributed by atoms with E-state index < -0.39 is 0 Å². The van der Waals surface area contributed by atoms with E-state index in [1.165, 1.54) is 20.9 Å². The van der Waals surface area contributed by atoms with Crippen LogP contribution in [0, 0.1) is 13.8 Å². The average Bonchev–Trinajstić information content (AvgIpc) is 2.94. The fourth-order valence-corrected chi connectivity index (χ4v) is 3.06. The zero-order valence-electron chi connectivity index (χ0n) is 10.6. The number of rotatable bonds is 5. The van der Waals surface area contributed by atoms with E-state index in [1.807, 2.05) is 12.4 Å². The van der Waals surface area contributed by atoms with Gasteiger partial charge in [0.25, 0.3) is 0 Å². The molecule has 18 heavy (non-hydrogen) atoms. The van der Waals surface area contributed by atoms with Gasteiger partial charge in [0.1, 0.15) is 0 Å². The van der Waals surface area contributed by atoms with Gasteiger partial charge in [-0.2, -0.15) is 0 Å². The minimum absolute atomic E-state index is 0.748. The lowest BCUT2D eigenvalue weighted by Crippen LogP contribution is -1.89. The molecule has 0 aliphatic rings. The Morgan fingerprint density at radius 1 is 0.889 bits per heavy atom. The largest absolute Gasteiger partial charge is 0.290 e. The Hall–Kier alpha value is -1.26. The third kappa shape index (κ3) is 3.62. The first kappa shape index (κ1) is 13.2. The zero-order valence-corrected chi connectivity index (χ0v) is 12.2. The van der Waals surface area contributed by atoms with Gasteiger partial charge in [0.2, 0.25) is 0 Å². The van der Waals surface area contributed by atoms with Crippen molar-refractivity contribution in [3.63, 3.8) is 0 Å². The lowest BCUT2D eigenvalue weighted by molar-refractivity contribution is 0.985. The Balaban J connectivity index is 1.77. The summed E-state index contributed by atoms with van der Waals surface area (Å²) in [6.45, 7) is 5.71. The molecule has 0 atom stereocenters. The Bertz CT molecular complexity index is 499. The number of aryl methyl sites for hydroxylation is 2. The maximum atomic E-state index is 4.39. The van der Waals surface area contributed by atoms with Crippen LogP contribution in [-0.2, 0) is 0 Å². The minimum Gasteiger partial charge on any atom is -0.290 e. The second-order valence-corrected chi connectivity index (χ2v) is 5.90. The second kappa shape index (κ2) is 6.61. The Labute approximate surface area is 116 Å². The SMILES string of the molecule is Cc1ccsc1C=NCCN=Cc1sccc1C. The minimum atomic E-state index is 0.748. The molecule has 0 N–H and O–H groups in total. The van der Waals surface area contributed by atoms with Crippen molar-refractivity contribution in [2.75, 3.05) is 13.1 Å². The molecule has 2 nitrogen and oxygen atoms in total. The third-order valence-electron chi connectivity index (χ3n) is 2.58. The van der Waals surface area contributed by atoms with Crippen molar-refractivity contribution >= 4 is 35.1 Å². The van der Waals surface area contributed by atoms with Gasteiger partial charge in [-0.3, -0.25) is 9.98 Å². The van der Waals surface area contributed by atoms with Crippen LogP contribution in [0.3, 0.4) is 0 Å². The van der Waals surface area contributed by atoms with Crippen molar-refractivity contribution in [2.24, 2.45) is 9.98 Å². The molecule has 0 amide bonds. The van der Waals surface area contributed by atoms with Crippen LogP contribution in [0.15, 0.2) is 32.9 Å². The van der Waals surface area contributed by atoms with Crippen molar-refractivity contribution in [3.8, 4) is 0 Å². The van der Waals surface area contributed by atoms with Crippen molar-refractivity contribution < 1.29 is 0 Å². The summed E-state index contributed by atoms with van der Waals surface area (Å²) in [4.78, 5) is 11.3. The predicted octanol–water partition coefficient (Wildman–Crippen LogP) is 3.96. The van der Waals surface area contributed by atoms with E-state index in [1.54, 1.807) is 22.7 Å². The highest BCUT2D eigenvalue weighted by molar-refractivity contribution is 7.12. The monoisotopic (exact) mass is 276 g/mol. The predicted molar refractivity (Wildman–Crippen MR) is 83.0 cm³/mol. The van der Waals surface area contributed by atoms with Crippen LogP contribution in [-0.4, -0.2) is 25.5 Å². The Kier molecular flexibility index (Phi) is 4.84. The fraction of sp³-hybridized carbons (Fsp3) is 0.286. The molecule has 2 aromatic heterocycles. The molecule has 0 aromatic carbocycles. The molecule has 2 heterocycles. The average molecular weight is 276 g/mol. The lowest BCUT2D eigenvalue weighted by atomic mass is 10.3. The molecule has 0 spiro atoms. The highest BCUT2D eigenvalue weighted by atomic mass is 32.1. The van der Waals surface area contributed by atoms with E-state index in [9.17, 15) is 0 Å². The molecule has 0 bridgehead atoms. The molecule has 0 saturated carbocycles. The fourth-order valence-electron chi connectivity index (χ4n) is 1.44. The first-order chi connectivity index (χ1) is 8.77. The van der Waals surface area contributed by atoms with Crippen molar-refractivity contribution in [2.45, 2.75) is 13.8 Å². The highest BCUT2D eigenvalue weighted by Crippen LogP contribution is 2.13. The molecule has 0 saturated heterocycles. The van der Waals surface area contributed by atoms with E-state index in [2.05, 4.69) is 46.7 Å². The number of thiophene rings is 2. The standard InChI is InChI=1S/C14H16N2S2/c1-11-3-7-17-13(11)9-15-5-6-16-10-14-12(2)4-8-18-14/h3-4,7-10H,5-6H2,1-2H3. The summed E-state index contributed by atoms with van der Waals surface area (Å²) < 4.78 is 0. The molecule has 0 unspecified atom stereocenters. The van der Waals surface area contributed by atoms with Gasteiger partial charge in [-0.15, -0.1) is 22.7 Å². The van der Waals surface area contributed by atoms with E-state index in [0.717, 1.165) is 13.1 Å². The third-order valence-corrected chi connectivity index (χ3v) is 4.49. The summed E-state index contributed by atoms with van der Waals surface area (Å²) in [5, 5.41) is 4.18. The maximum absolute atomic E-state index is 4.39. The Morgan fingerprint density at radius 2 is 1.33 bits per heavy atom. The Morgan fingerprint density at radius 3 is 1.67 bits per heavy atom. The highest BCUT2D eigenvalue weighted by Gasteiger charge is 1.95. The summed E-state index contributed by atoms with van der Waals surface area (Å²) in [7, 11) is 0. The molecule has 0 fully saturated rings. The van der Waals surface area contributed by atoms with Gasteiger partial charge in [0.05, 0.1) is 13.1 Å². The first-order valence-electron chi connectivity index (χ1n) is 5.85. The van der Waals surface area contributed by atoms with Crippen LogP contribution >= 0.6 is 22.7 Å². The van der Waals surface area contributed by atoms with Crippen LogP contribution in [0.25, 0.3) is 0 Å². The van der Waals surface area contributed by atoms with Crippen LogP contribution in [0.4, 0.5) is 0 Å². The smallest absolute Gasteiger partial charge is 0.0585 e. The second-order valence-electron chi connectivity index (χ2n) is 4.01. The summed E-state index contributed by atoms with van der Waals surface area (Å²) in [6, 6.07) is 4.23. The van der Waals surface area contributed by atoms with Crippen molar-refractivity contribution in [1.82, 2.24) is 0 Å². The maximum Gasteiger partial charge on any atom is 0.0585 e. The summed E-state index contributed by atoms with van der Waals surface area (Å²) in [5.41, 5.74) is 2.59. The van der Waals surface area contributed by atoms with Gasteiger partial charge >= 0.3 is 0 Å². The van der Waals surface area contributed by atoms with Gasteiger partial charge in [-0.25, -0.2) is 0 Å². The van der Waals surface area contributed by atoms with Crippen LogP contribution in [0.2, 0.25) is 0 Å². The molecular formula is C14H16N2S2. The summed E-state index contributed by atoms with van der Waals surface area (Å²) in [6.07, 6.45) is 3.90. The van der Waals surface area contributed by atoms with E-state index in [4.69, 9.17) is 0 Å². The van der Waals surface area contributed by atoms with Crippen molar-refractivity contribution in [1.29, 1.82) is 0 Å². The van der Waals surface area contributed by atoms with Gasteiger partial charge in [-0.05, 0) is 47.9 Å². The number of hydrogen-bond acceptors (Lipinski definition) is 4. The molecule has 0 radical (unpaired) electrons. The van der Waals surface area contributed by atoms with Gasteiger partial charge in [-0.1, -0.05) is 0 Å². The van der Waals surface area contributed by atoms with Crippen LogP contribution in [0.1, 0.15) is 20.9 Å². The number of nitrogens with zero attached hydrogens (tertiary/aromatic N) is 2. The number of aliphatic imine (C=N–C) groups is 2. The lowest BCUT2D eigenvalue weighted by Gasteiger charge is -1.91. The molecule has 2 rings (SSSR count). The molecular weight excluding hydrogens is 260 g/mol. The molecule has 4 heteroatoms. The zero-order chi connectivity index (χ0) is 12.8. The van der Waals surface area contributed by atoms with E-state index in [-0.39, 0.29) is 0 Å². The van der Waals surface area contributed by atoms with E-state index in [0.29, 0.717) is 0 Å². The van der Waals surface area contributed by atoms with Gasteiger partial charge < -0.3 is 0 Å². The summed E-state index contributed by atoms with van der Waals surface area (Å²) >= 11 is 3.45. The van der Waals surface area contributed by atoms with Gasteiger partial charge in [0.15, 0.2) is 0 Å². The number of hydrogen-bond donors (Lipinski definition) is 0. The van der Waals surface area contributed by atoms with Crippen LogP contribution < -0.4 is 0 Å². The first-order valence-corrected chi connectivity index (χ1v) is 7.61. The molecule has 94 valence electrons. The molecule has 0 aliphatic heterocycles. The van der Waals surface area contributed by atoms with Crippen molar-refractivity contribution in [3.05, 3.63) is 43.8 Å². The normalized spacial score (nSPS) is 11.9. The topological polar surface area (TPSA) is 24.7 Å². The van der Waals surface area contributed by atoms with Gasteiger partial charge in [0, 0.05) is 22.2 Å².